The molecular weight excluding hydrogens is 263 g/mol. The second-order valence-corrected chi connectivity index (χ2v) is 4.08. The topological polar surface area (TPSA) is 26.3 Å². The molecule has 0 aliphatic heterocycles. The zero-order chi connectivity index (χ0) is 11.4. The first-order valence-electron chi connectivity index (χ1n) is 4.57. The smallest absolute Gasteiger partial charge is 0.141 e. The Morgan fingerprint density at radius 2 is 2.27 bits per heavy atom. The molecule has 0 aliphatic carbocycles. The van der Waals surface area contributed by atoms with Crippen LogP contribution in [-0.4, -0.2) is 13.4 Å². The Kier molecular flexibility index (Phi) is 4.27. The summed E-state index contributed by atoms with van der Waals surface area (Å²) in [5.41, 5.74) is 0.831. The number of halogens is 2. The number of hydrogen-bond donors (Lipinski definition) is 0. The van der Waals surface area contributed by atoms with Crippen molar-refractivity contribution < 1.29 is 13.9 Å². The molecule has 0 saturated carbocycles. The van der Waals surface area contributed by atoms with E-state index >= 15 is 0 Å². The molecule has 0 aliphatic rings. The minimum Gasteiger partial charge on any atom is -0.495 e. The maximum atomic E-state index is 13.2. The minimum atomic E-state index is -0.367. The first kappa shape index (κ1) is 12.2. The highest BCUT2D eigenvalue weighted by molar-refractivity contribution is 9.10. The summed E-state index contributed by atoms with van der Waals surface area (Å²) in [6.45, 7) is 1.90. The van der Waals surface area contributed by atoms with Crippen LogP contribution in [0.1, 0.15) is 24.8 Å². The zero-order valence-corrected chi connectivity index (χ0v) is 10.2. The summed E-state index contributed by atoms with van der Waals surface area (Å²) in [5, 5.41) is 0. The van der Waals surface area contributed by atoms with Gasteiger partial charge in [0.2, 0.25) is 0 Å². The van der Waals surface area contributed by atoms with Crippen molar-refractivity contribution in [2.45, 2.75) is 19.3 Å². The number of hydrogen-bond acceptors (Lipinski definition) is 2. The highest BCUT2D eigenvalue weighted by Gasteiger charge is 2.16. The van der Waals surface area contributed by atoms with E-state index in [1.165, 1.54) is 13.2 Å². The summed E-state index contributed by atoms with van der Waals surface area (Å²) in [6, 6.07) is 3.01. The Morgan fingerprint density at radius 3 is 2.80 bits per heavy atom. The maximum absolute atomic E-state index is 13.2. The molecule has 1 aromatic rings. The molecule has 0 spiro atoms. The fourth-order valence-corrected chi connectivity index (χ4v) is 1.94. The van der Waals surface area contributed by atoms with E-state index in [1.54, 1.807) is 6.07 Å². The van der Waals surface area contributed by atoms with Crippen LogP contribution in [0, 0.1) is 5.82 Å². The van der Waals surface area contributed by atoms with Gasteiger partial charge in [-0.05, 0) is 33.5 Å². The first-order chi connectivity index (χ1) is 7.11. The van der Waals surface area contributed by atoms with Crippen LogP contribution in [0.15, 0.2) is 16.6 Å². The molecule has 0 fully saturated rings. The first-order valence-corrected chi connectivity index (χ1v) is 5.36. The molecule has 0 saturated heterocycles. The summed E-state index contributed by atoms with van der Waals surface area (Å²) in [6.07, 6.45) is 1.25. The van der Waals surface area contributed by atoms with Crippen LogP contribution in [0.3, 0.4) is 0 Å². The standard InChI is InChI=1S/C11H12BrFO2/c1-7(5-6-14)8-3-4-9(13)10(12)11(8)15-2/h3-4,6-7H,5H2,1-2H3. The van der Waals surface area contributed by atoms with Gasteiger partial charge in [-0.25, -0.2) is 4.39 Å². The molecule has 15 heavy (non-hydrogen) atoms. The number of aldehydes is 1. The number of carbonyl (C=O) groups is 1. The van der Waals surface area contributed by atoms with Crippen LogP contribution in [0.5, 0.6) is 5.75 Å². The number of carbonyl (C=O) groups excluding carboxylic acids is 1. The van der Waals surface area contributed by atoms with Crippen molar-refractivity contribution in [1.82, 2.24) is 0 Å². The number of ether oxygens (including phenoxy) is 1. The SMILES string of the molecule is COc1c(C(C)CC=O)ccc(F)c1Br. The molecule has 1 unspecified atom stereocenters. The van der Waals surface area contributed by atoms with Crippen LogP contribution >= 0.6 is 15.9 Å². The van der Waals surface area contributed by atoms with Crippen molar-refractivity contribution in [3.63, 3.8) is 0 Å². The van der Waals surface area contributed by atoms with E-state index in [0.29, 0.717) is 16.6 Å². The van der Waals surface area contributed by atoms with Gasteiger partial charge in [0, 0.05) is 6.42 Å². The van der Waals surface area contributed by atoms with Crippen molar-refractivity contribution in [2.24, 2.45) is 0 Å². The largest absolute Gasteiger partial charge is 0.495 e. The Balaban J connectivity index is 3.17. The number of rotatable bonds is 4. The van der Waals surface area contributed by atoms with Crippen molar-refractivity contribution in [3.05, 3.63) is 28.0 Å². The molecule has 1 rings (SSSR count). The molecule has 1 atom stereocenters. The van der Waals surface area contributed by atoms with E-state index in [1.807, 2.05) is 6.92 Å². The van der Waals surface area contributed by atoms with Gasteiger partial charge in [-0.2, -0.15) is 0 Å². The highest BCUT2D eigenvalue weighted by Crippen LogP contribution is 2.36. The summed E-state index contributed by atoms with van der Waals surface area (Å²) in [5.74, 6) is 0.118. The summed E-state index contributed by atoms with van der Waals surface area (Å²) in [4.78, 5) is 10.4. The number of methoxy groups -OCH3 is 1. The molecule has 2 nitrogen and oxygen atoms in total. The molecule has 0 aromatic heterocycles. The van der Waals surface area contributed by atoms with Crippen LogP contribution in [0.2, 0.25) is 0 Å². The molecule has 4 heteroatoms. The predicted octanol–water partition coefficient (Wildman–Crippen LogP) is 3.29. The van der Waals surface area contributed by atoms with Gasteiger partial charge >= 0.3 is 0 Å². The van der Waals surface area contributed by atoms with E-state index in [2.05, 4.69) is 15.9 Å². The van der Waals surface area contributed by atoms with Gasteiger partial charge in [0.25, 0.3) is 0 Å². The number of benzene rings is 1. The average molecular weight is 275 g/mol. The lowest BCUT2D eigenvalue weighted by Gasteiger charge is -2.15. The van der Waals surface area contributed by atoms with Crippen molar-refractivity contribution >= 4 is 22.2 Å². The minimum absolute atomic E-state index is 0.0225. The van der Waals surface area contributed by atoms with Crippen LogP contribution in [-0.2, 0) is 4.79 Å². The van der Waals surface area contributed by atoms with Crippen molar-refractivity contribution in [2.75, 3.05) is 7.11 Å². The predicted molar refractivity (Wildman–Crippen MR) is 59.7 cm³/mol. The lowest BCUT2D eigenvalue weighted by atomic mass is 9.97. The zero-order valence-electron chi connectivity index (χ0n) is 8.59. The lowest BCUT2D eigenvalue weighted by Crippen LogP contribution is -2.00. The van der Waals surface area contributed by atoms with Gasteiger partial charge < -0.3 is 9.53 Å². The van der Waals surface area contributed by atoms with Crippen molar-refractivity contribution in [1.29, 1.82) is 0 Å². The molecule has 0 amide bonds. The normalized spacial score (nSPS) is 12.3. The molecular formula is C11H12BrFO2. The van der Waals surface area contributed by atoms with E-state index < -0.39 is 0 Å². The third-order valence-corrected chi connectivity index (χ3v) is 3.00. The van der Waals surface area contributed by atoms with Crippen LogP contribution in [0.25, 0.3) is 0 Å². The highest BCUT2D eigenvalue weighted by atomic mass is 79.9. The van der Waals surface area contributed by atoms with E-state index in [0.717, 1.165) is 11.8 Å². The van der Waals surface area contributed by atoms with E-state index in [9.17, 15) is 9.18 Å². The Bertz CT molecular complexity index is 366. The average Bonchev–Trinajstić information content (AvgIpc) is 2.22. The summed E-state index contributed by atoms with van der Waals surface area (Å²) < 4.78 is 18.6. The summed E-state index contributed by atoms with van der Waals surface area (Å²) >= 11 is 3.12. The second kappa shape index (κ2) is 5.26. The van der Waals surface area contributed by atoms with Gasteiger partial charge in [0.05, 0.1) is 11.6 Å². The second-order valence-electron chi connectivity index (χ2n) is 3.29. The molecule has 0 heterocycles. The molecule has 1 aromatic carbocycles. The van der Waals surface area contributed by atoms with Gasteiger partial charge in [-0.3, -0.25) is 0 Å². The third kappa shape index (κ3) is 2.56. The third-order valence-electron chi connectivity index (χ3n) is 2.27. The lowest BCUT2D eigenvalue weighted by molar-refractivity contribution is -0.108. The van der Waals surface area contributed by atoms with Gasteiger partial charge in [0.15, 0.2) is 0 Å². The Hall–Kier alpha value is -0.900. The van der Waals surface area contributed by atoms with Crippen LogP contribution in [0.4, 0.5) is 4.39 Å². The molecule has 0 bridgehead atoms. The van der Waals surface area contributed by atoms with Crippen molar-refractivity contribution in [3.8, 4) is 5.75 Å². The molecule has 0 N–H and O–H groups in total. The monoisotopic (exact) mass is 274 g/mol. The van der Waals surface area contributed by atoms with Gasteiger partial charge in [-0.15, -0.1) is 0 Å². The van der Waals surface area contributed by atoms with E-state index in [4.69, 9.17) is 4.74 Å². The molecule has 82 valence electrons. The maximum Gasteiger partial charge on any atom is 0.141 e. The van der Waals surface area contributed by atoms with Gasteiger partial charge in [-0.1, -0.05) is 13.0 Å². The Morgan fingerprint density at radius 1 is 1.60 bits per heavy atom. The van der Waals surface area contributed by atoms with Crippen LogP contribution < -0.4 is 4.74 Å². The van der Waals surface area contributed by atoms with E-state index in [-0.39, 0.29) is 11.7 Å². The summed E-state index contributed by atoms with van der Waals surface area (Å²) in [7, 11) is 1.48. The van der Waals surface area contributed by atoms with Gasteiger partial charge in [0.1, 0.15) is 17.9 Å². The Labute approximate surface area is 96.6 Å². The fourth-order valence-electron chi connectivity index (χ4n) is 1.41. The fraction of sp³-hybridized carbons (Fsp3) is 0.364. The quantitative estimate of drug-likeness (QED) is 0.788. The molecule has 0 radical (unpaired) electrons.